The van der Waals surface area contributed by atoms with Crippen molar-refractivity contribution in [2.75, 3.05) is 13.6 Å². The second-order valence-corrected chi connectivity index (χ2v) is 6.59. The van der Waals surface area contributed by atoms with Crippen LogP contribution in [0, 0.1) is 12.8 Å². The molecule has 1 aromatic carbocycles. The molecule has 0 saturated carbocycles. The molecule has 3 atom stereocenters. The Bertz CT molecular complexity index is 734. The molecule has 4 nitrogen and oxygen atoms in total. The normalized spacial score (nSPS) is 28.6. The number of carbonyl (C=O) groups is 1. The average molecular weight is 284 g/mol. The summed E-state index contributed by atoms with van der Waals surface area (Å²) in [5.74, 6) is -0.590. The molecule has 2 N–H and O–H groups in total. The molecule has 2 heterocycles. The molecule has 2 aliphatic rings. The van der Waals surface area contributed by atoms with Gasteiger partial charge >= 0.3 is 5.97 Å². The highest BCUT2D eigenvalue weighted by molar-refractivity contribution is 5.89. The van der Waals surface area contributed by atoms with Gasteiger partial charge in [0.15, 0.2) is 0 Å². The number of aromatic amines is 1. The number of aryl methyl sites for hydroxylation is 1. The summed E-state index contributed by atoms with van der Waals surface area (Å²) in [7, 11) is 2.07. The molecular formula is C17H20N2O2. The van der Waals surface area contributed by atoms with Crippen LogP contribution in [0.3, 0.4) is 0 Å². The van der Waals surface area contributed by atoms with Crippen LogP contribution in [-0.4, -0.2) is 40.6 Å². The smallest absolute Gasteiger partial charge is 0.307 e. The van der Waals surface area contributed by atoms with E-state index >= 15 is 0 Å². The number of hydrogen-bond donors (Lipinski definition) is 2. The van der Waals surface area contributed by atoms with Crippen LogP contribution in [-0.2, 0) is 11.2 Å². The molecule has 1 aliphatic heterocycles. The van der Waals surface area contributed by atoms with Crippen LogP contribution in [0.5, 0.6) is 0 Å². The quantitative estimate of drug-likeness (QED) is 0.846. The van der Waals surface area contributed by atoms with Gasteiger partial charge in [-0.15, -0.1) is 0 Å². The number of benzene rings is 1. The summed E-state index contributed by atoms with van der Waals surface area (Å²) in [4.78, 5) is 17.2. The predicted octanol–water partition coefficient (Wildman–Crippen LogP) is 2.52. The van der Waals surface area contributed by atoms with Crippen molar-refractivity contribution in [2.24, 2.45) is 5.92 Å². The minimum Gasteiger partial charge on any atom is -0.481 e. The Morgan fingerprint density at radius 3 is 3.00 bits per heavy atom. The number of carboxylic acids is 1. The van der Waals surface area contributed by atoms with E-state index in [1.807, 2.05) is 0 Å². The van der Waals surface area contributed by atoms with Gasteiger partial charge < -0.3 is 15.0 Å². The number of piperidine rings is 1. The number of carboxylic acid groups (broad SMARTS) is 1. The van der Waals surface area contributed by atoms with Crippen molar-refractivity contribution in [3.8, 4) is 0 Å². The first kappa shape index (κ1) is 12.9. The van der Waals surface area contributed by atoms with E-state index in [1.54, 1.807) is 0 Å². The molecule has 0 radical (unpaired) electrons. The van der Waals surface area contributed by atoms with Crippen LogP contribution >= 0.6 is 0 Å². The maximum absolute atomic E-state index is 11.4. The van der Waals surface area contributed by atoms with Gasteiger partial charge in [-0.05, 0) is 44.0 Å². The minimum atomic E-state index is -0.663. The first-order chi connectivity index (χ1) is 10.1. The second-order valence-electron chi connectivity index (χ2n) is 6.59. The zero-order valence-electron chi connectivity index (χ0n) is 12.4. The first-order valence-electron chi connectivity index (χ1n) is 7.59. The van der Waals surface area contributed by atoms with Gasteiger partial charge in [-0.1, -0.05) is 12.1 Å². The van der Waals surface area contributed by atoms with Crippen LogP contribution in [0.15, 0.2) is 18.2 Å². The number of fused-ring (bicyclic) bond motifs is 2. The Morgan fingerprint density at radius 1 is 1.43 bits per heavy atom. The lowest BCUT2D eigenvalue weighted by Crippen LogP contribution is -2.49. The van der Waals surface area contributed by atoms with Crippen LogP contribution in [0.4, 0.5) is 0 Å². The maximum Gasteiger partial charge on any atom is 0.307 e. The standard InChI is InChI=1S/C17H20N2O2/c1-9-12-7-15-13(6-10(17(20)21)8-19(15)2)11-4-3-5-14(18-9)16(11)12/h3-5,10,13,15,18H,6-8H2,1-2H3,(H,20,21)/t10?,13-,15-/m1/s1. The van der Waals surface area contributed by atoms with Crippen molar-refractivity contribution in [3.63, 3.8) is 0 Å². The van der Waals surface area contributed by atoms with E-state index in [-0.39, 0.29) is 5.92 Å². The zero-order valence-corrected chi connectivity index (χ0v) is 12.4. The van der Waals surface area contributed by atoms with Crippen LogP contribution < -0.4 is 0 Å². The molecule has 1 aromatic heterocycles. The molecule has 1 unspecified atom stereocenters. The lowest BCUT2D eigenvalue weighted by molar-refractivity contribution is -0.144. The van der Waals surface area contributed by atoms with Crippen molar-refractivity contribution in [3.05, 3.63) is 35.0 Å². The Labute approximate surface area is 123 Å². The number of H-pyrrole nitrogens is 1. The van der Waals surface area contributed by atoms with Crippen LogP contribution in [0.1, 0.15) is 29.2 Å². The molecule has 1 fully saturated rings. The average Bonchev–Trinajstić information content (AvgIpc) is 2.77. The van der Waals surface area contributed by atoms with Gasteiger partial charge in [-0.2, -0.15) is 0 Å². The monoisotopic (exact) mass is 284 g/mol. The predicted molar refractivity (Wildman–Crippen MR) is 81.6 cm³/mol. The van der Waals surface area contributed by atoms with Crippen molar-refractivity contribution >= 4 is 16.9 Å². The molecule has 0 bridgehead atoms. The summed E-state index contributed by atoms with van der Waals surface area (Å²) >= 11 is 0. The van der Waals surface area contributed by atoms with Gasteiger partial charge in [0.1, 0.15) is 0 Å². The summed E-state index contributed by atoms with van der Waals surface area (Å²) in [6, 6.07) is 6.82. The fourth-order valence-corrected chi connectivity index (χ4v) is 4.39. The summed E-state index contributed by atoms with van der Waals surface area (Å²) < 4.78 is 0. The third-order valence-electron chi connectivity index (χ3n) is 5.41. The van der Waals surface area contributed by atoms with E-state index in [4.69, 9.17) is 0 Å². The van der Waals surface area contributed by atoms with Crippen molar-refractivity contribution < 1.29 is 9.90 Å². The van der Waals surface area contributed by atoms with E-state index in [0.29, 0.717) is 18.5 Å². The van der Waals surface area contributed by atoms with Gasteiger partial charge in [0, 0.05) is 35.1 Å². The van der Waals surface area contributed by atoms with Crippen LogP contribution in [0.2, 0.25) is 0 Å². The Hall–Kier alpha value is -1.81. The van der Waals surface area contributed by atoms with E-state index in [9.17, 15) is 9.90 Å². The highest BCUT2D eigenvalue weighted by atomic mass is 16.4. The third kappa shape index (κ3) is 1.75. The van der Waals surface area contributed by atoms with E-state index in [0.717, 1.165) is 12.8 Å². The molecule has 1 saturated heterocycles. The lowest BCUT2D eigenvalue weighted by atomic mass is 9.72. The number of rotatable bonds is 1. The highest BCUT2D eigenvalue weighted by Crippen LogP contribution is 2.45. The zero-order chi connectivity index (χ0) is 14.7. The molecule has 21 heavy (non-hydrogen) atoms. The van der Waals surface area contributed by atoms with Gasteiger partial charge in [0.2, 0.25) is 0 Å². The molecule has 1 aliphatic carbocycles. The van der Waals surface area contributed by atoms with Crippen molar-refractivity contribution in [1.29, 1.82) is 0 Å². The van der Waals surface area contributed by atoms with E-state index in [1.165, 1.54) is 27.7 Å². The first-order valence-corrected chi connectivity index (χ1v) is 7.59. The van der Waals surface area contributed by atoms with Crippen molar-refractivity contribution in [1.82, 2.24) is 9.88 Å². The number of nitrogens with zero attached hydrogens (tertiary/aromatic N) is 1. The summed E-state index contributed by atoms with van der Waals surface area (Å²) in [5.41, 5.74) is 5.20. The van der Waals surface area contributed by atoms with E-state index in [2.05, 4.69) is 42.1 Å². The molecule has 110 valence electrons. The molecule has 0 amide bonds. The molecular weight excluding hydrogens is 264 g/mol. The number of aliphatic carboxylic acids is 1. The number of aromatic nitrogens is 1. The van der Waals surface area contributed by atoms with Crippen molar-refractivity contribution in [2.45, 2.75) is 31.7 Å². The number of likely N-dealkylation sites (N-methyl/N-ethyl adjacent to an activating group) is 1. The molecule has 0 spiro atoms. The lowest BCUT2D eigenvalue weighted by Gasteiger charge is -2.44. The minimum absolute atomic E-state index is 0.256. The van der Waals surface area contributed by atoms with Gasteiger partial charge in [0.25, 0.3) is 0 Å². The largest absolute Gasteiger partial charge is 0.481 e. The fourth-order valence-electron chi connectivity index (χ4n) is 4.39. The molecule has 2 aromatic rings. The third-order valence-corrected chi connectivity index (χ3v) is 5.41. The van der Waals surface area contributed by atoms with Gasteiger partial charge in [-0.25, -0.2) is 0 Å². The fraction of sp³-hybridized carbons (Fsp3) is 0.471. The SMILES string of the molecule is Cc1[nH]c2cccc3c2c1C[C@@H]1[C@@H]3CC(C(=O)O)CN1C. The highest BCUT2D eigenvalue weighted by Gasteiger charge is 2.41. The summed E-state index contributed by atoms with van der Waals surface area (Å²) in [5, 5.41) is 10.8. The topological polar surface area (TPSA) is 56.3 Å². The Kier molecular flexibility index (Phi) is 2.67. The second kappa shape index (κ2) is 4.34. The number of nitrogens with one attached hydrogen (secondary N) is 1. The number of hydrogen-bond acceptors (Lipinski definition) is 2. The maximum atomic E-state index is 11.4. The number of likely N-dealkylation sites (tertiary alicyclic amines) is 1. The van der Waals surface area contributed by atoms with E-state index < -0.39 is 5.97 Å². The Morgan fingerprint density at radius 2 is 2.24 bits per heavy atom. The molecule has 4 heteroatoms. The van der Waals surface area contributed by atoms with Gasteiger partial charge in [0.05, 0.1) is 5.92 Å². The summed E-state index contributed by atoms with van der Waals surface area (Å²) in [6.45, 7) is 2.80. The van der Waals surface area contributed by atoms with Gasteiger partial charge in [-0.3, -0.25) is 4.79 Å². The van der Waals surface area contributed by atoms with Crippen LogP contribution in [0.25, 0.3) is 10.9 Å². The molecule has 4 rings (SSSR count). The Balaban J connectivity index is 1.88. The summed E-state index contributed by atoms with van der Waals surface area (Å²) in [6.07, 6.45) is 1.78.